The van der Waals surface area contributed by atoms with Crippen molar-refractivity contribution in [3.63, 3.8) is 0 Å². The molecule has 9 nitrogen and oxygen atoms in total. The number of nitrogens with zero attached hydrogens (tertiary/aromatic N) is 3. The van der Waals surface area contributed by atoms with Crippen LogP contribution in [0.4, 0.5) is 17.1 Å². The van der Waals surface area contributed by atoms with E-state index in [9.17, 15) is 14.9 Å². The number of oxime groups is 1. The summed E-state index contributed by atoms with van der Waals surface area (Å²) >= 11 is 0. The van der Waals surface area contributed by atoms with Crippen molar-refractivity contribution in [2.45, 2.75) is 0 Å². The smallest absolute Gasteiger partial charge is 0.270 e. The van der Waals surface area contributed by atoms with E-state index in [1.165, 1.54) is 18.3 Å². The first kappa shape index (κ1) is 19.3. The van der Waals surface area contributed by atoms with Crippen molar-refractivity contribution in [1.82, 2.24) is 0 Å². The second-order valence-electron chi connectivity index (χ2n) is 6.05. The van der Waals surface area contributed by atoms with Gasteiger partial charge in [0.25, 0.3) is 11.6 Å². The molecule has 9 heteroatoms. The van der Waals surface area contributed by atoms with Crippen LogP contribution in [0.25, 0.3) is 0 Å². The molecule has 0 atom stereocenters. The van der Waals surface area contributed by atoms with Crippen molar-refractivity contribution in [2.75, 3.05) is 43.1 Å². The monoisotopic (exact) mass is 384 g/mol. The summed E-state index contributed by atoms with van der Waals surface area (Å²) in [6, 6.07) is 13.5. The first-order chi connectivity index (χ1) is 13.6. The highest BCUT2D eigenvalue weighted by molar-refractivity contribution is 5.92. The summed E-state index contributed by atoms with van der Waals surface area (Å²) in [5, 5.41) is 17.1. The molecule has 1 saturated heterocycles. The maximum Gasteiger partial charge on any atom is 0.270 e. The molecule has 1 amide bonds. The predicted octanol–water partition coefficient (Wildman–Crippen LogP) is 2.42. The molecule has 0 unspecified atom stereocenters. The Morgan fingerprint density at radius 3 is 2.71 bits per heavy atom. The van der Waals surface area contributed by atoms with E-state index in [1.807, 2.05) is 24.3 Å². The Kier molecular flexibility index (Phi) is 6.53. The van der Waals surface area contributed by atoms with Crippen LogP contribution in [0.1, 0.15) is 5.56 Å². The van der Waals surface area contributed by atoms with Crippen LogP contribution < -0.4 is 10.2 Å². The molecule has 1 fully saturated rings. The van der Waals surface area contributed by atoms with Crippen LogP contribution in [0.2, 0.25) is 0 Å². The summed E-state index contributed by atoms with van der Waals surface area (Å²) in [5.74, 6) is -0.352. The van der Waals surface area contributed by atoms with Gasteiger partial charge in [0.15, 0.2) is 6.61 Å². The Bertz CT molecular complexity index is 848. The zero-order valence-corrected chi connectivity index (χ0v) is 15.1. The fourth-order valence-corrected chi connectivity index (χ4v) is 2.69. The summed E-state index contributed by atoms with van der Waals surface area (Å²) < 4.78 is 5.33. The first-order valence-electron chi connectivity index (χ1n) is 8.74. The molecule has 2 aromatic rings. The van der Waals surface area contributed by atoms with E-state index in [0.717, 1.165) is 18.8 Å². The van der Waals surface area contributed by atoms with E-state index in [0.29, 0.717) is 24.5 Å². The van der Waals surface area contributed by atoms with Gasteiger partial charge in [0.2, 0.25) is 0 Å². The van der Waals surface area contributed by atoms with Crippen LogP contribution >= 0.6 is 0 Å². The molecule has 0 aromatic heterocycles. The first-order valence-corrected chi connectivity index (χ1v) is 8.74. The van der Waals surface area contributed by atoms with Crippen molar-refractivity contribution < 1.29 is 19.3 Å². The van der Waals surface area contributed by atoms with Crippen molar-refractivity contribution in [3.8, 4) is 0 Å². The molecule has 0 saturated carbocycles. The third-order valence-electron chi connectivity index (χ3n) is 4.08. The second kappa shape index (κ2) is 9.47. The number of rotatable bonds is 7. The van der Waals surface area contributed by atoms with Gasteiger partial charge in [0.1, 0.15) is 0 Å². The van der Waals surface area contributed by atoms with Gasteiger partial charge in [-0.25, -0.2) is 0 Å². The fourth-order valence-electron chi connectivity index (χ4n) is 2.69. The fraction of sp³-hybridized carbons (Fsp3) is 0.263. The number of carbonyl (C=O) groups excluding carboxylic acids is 1. The van der Waals surface area contributed by atoms with Gasteiger partial charge >= 0.3 is 0 Å². The lowest BCUT2D eigenvalue weighted by atomic mass is 10.2. The zero-order valence-electron chi connectivity index (χ0n) is 15.1. The number of morpholine rings is 1. The van der Waals surface area contributed by atoms with E-state index >= 15 is 0 Å². The number of amides is 1. The molecule has 0 aliphatic carbocycles. The number of nitrogens with one attached hydrogen (secondary N) is 1. The van der Waals surface area contributed by atoms with Gasteiger partial charge in [0.05, 0.1) is 24.4 Å². The van der Waals surface area contributed by atoms with Gasteiger partial charge in [-0.3, -0.25) is 14.9 Å². The number of ether oxygens (including phenoxy) is 1. The molecule has 1 N–H and O–H groups in total. The van der Waals surface area contributed by atoms with Gasteiger partial charge in [-0.2, -0.15) is 0 Å². The van der Waals surface area contributed by atoms with Crippen molar-refractivity contribution in [2.24, 2.45) is 5.16 Å². The van der Waals surface area contributed by atoms with E-state index in [-0.39, 0.29) is 18.2 Å². The Balaban J connectivity index is 1.45. The summed E-state index contributed by atoms with van der Waals surface area (Å²) in [6.45, 7) is 2.86. The quantitative estimate of drug-likeness (QED) is 0.446. The standard InChI is InChI=1S/C19H20N4O5/c24-19(14-28-20-13-15-2-1-3-18(12-15)23(25)26)21-16-4-6-17(7-5-16)22-8-10-27-11-9-22/h1-7,12-13H,8-11,14H2,(H,21,24)/b20-13+. The van der Waals surface area contributed by atoms with E-state index in [1.54, 1.807) is 12.1 Å². The summed E-state index contributed by atoms with van der Waals surface area (Å²) in [7, 11) is 0. The molecule has 2 aromatic carbocycles. The van der Waals surface area contributed by atoms with Crippen LogP contribution in [-0.2, 0) is 14.4 Å². The Hall–Kier alpha value is -3.46. The third kappa shape index (κ3) is 5.52. The van der Waals surface area contributed by atoms with Gasteiger partial charge in [0, 0.05) is 42.2 Å². The summed E-state index contributed by atoms with van der Waals surface area (Å²) in [4.78, 5) is 29.3. The average Bonchev–Trinajstić information content (AvgIpc) is 2.73. The Morgan fingerprint density at radius 1 is 1.25 bits per heavy atom. The molecule has 0 radical (unpaired) electrons. The lowest BCUT2D eigenvalue weighted by Crippen LogP contribution is -2.36. The van der Waals surface area contributed by atoms with Crippen LogP contribution in [-0.4, -0.2) is 50.0 Å². The lowest BCUT2D eigenvalue weighted by Gasteiger charge is -2.28. The van der Waals surface area contributed by atoms with Gasteiger partial charge in [-0.1, -0.05) is 17.3 Å². The molecule has 1 heterocycles. The molecule has 3 rings (SSSR count). The molecule has 1 aliphatic rings. The van der Waals surface area contributed by atoms with Gasteiger partial charge < -0.3 is 19.8 Å². The van der Waals surface area contributed by atoms with Crippen molar-refractivity contribution in [3.05, 3.63) is 64.2 Å². The number of hydrogen-bond donors (Lipinski definition) is 1. The summed E-state index contributed by atoms with van der Waals surface area (Å²) in [5.41, 5.74) is 2.21. The van der Waals surface area contributed by atoms with E-state index in [2.05, 4.69) is 15.4 Å². The Morgan fingerprint density at radius 2 is 2.00 bits per heavy atom. The number of non-ortho nitro benzene ring substituents is 1. The predicted molar refractivity (Wildman–Crippen MR) is 105 cm³/mol. The average molecular weight is 384 g/mol. The number of anilines is 2. The van der Waals surface area contributed by atoms with Crippen LogP contribution in [0, 0.1) is 10.1 Å². The maximum atomic E-state index is 11.9. The highest BCUT2D eigenvalue weighted by Gasteiger charge is 2.11. The Labute approximate surface area is 161 Å². The number of hydrogen-bond acceptors (Lipinski definition) is 7. The van der Waals surface area contributed by atoms with Crippen LogP contribution in [0.15, 0.2) is 53.7 Å². The molecular formula is C19H20N4O5. The van der Waals surface area contributed by atoms with E-state index < -0.39 is 4.92 Å². The van der Waals surface area contributed by atoms with Gasteiger partial charge in [-0.15, -0.1) is 0 Å². The minimum Gasteiger partial charge on any atom is -0.386 e. The third-order valence-corrected chi connectivity index (χ3v) is 4.08. The largest absolute Gasteiger partial charge is 0.386 e. The number of nitro benzene ring substituents is 1. The van der Waals surface area contributed by atoms with Crippen LogP contribution in [0.3, 0.4) is 0 Å². The van der Waals surface area contributed by atoms with E-state index in [4.69, 9.17) is 9.57 Å². The highest BCUT2D eigenvalue weighted by Crippen LogP contribution is 2.19. The second-order valence-corrected chi connectivity index (χ2v) is 6.05. The number of carbonyl (C=O) groups is 1. The molecule has 0 bridgehead atoms. The van der Waals surface area contributed by atoms with Crippen molar-refractivity contribution >= 4 is 29.2 Å². The maximum absolute atomic E-state index is 11.9. The summed E-state index contributed by atoms with van der Waals surface area (Å²) in [6.07, 6.45) is 1.32. The molecular weight excluding hydrogens is 364 g/mol. The van der Waals surface area contributed by atoms with Gasteiger partial charge in [-0.05, 0) is 24.3 Å². The minimum atomic E-state index is -0.490. The number of benzene rings is 2. The molecule has 146 valence electrons. The normalized spacial score (nSPS) is 14.1. The number of nitro groups is 1. The van der Waals surface area contributed by atoms with Crippen LogP contribution in [0.5, 0.6) is 0 Å². The minimum absolute atomic E-state index is 0.0396. The highest BCUT2D eigenvalue weighted by atomic mass is 16.6. The SMILES string of the molecule is O=C(CO/N=C/c1cccc([N+](=O)[O-])c1)Nc1ccc(N2CCOCC2)cc1. The topological polar surface area (TPSA) is 106 Å². The van der Waals surface area contributed by atoms with Crippen molar-refractivity contribution in [1.29, 1.82) is 0 Å². The molecule has 1 aliphatic heterocycles. The molecule has 28 heavy (non-hydrogen) atoms. The molecule has 0 spiro atoms. The zero-order chi connectivity index (χ0) is 19.8. The lowest BCUT2D eigenvalue weighted by molar-refractivity contribution is -0.384.